The van der Waals surface area contributed by atoms with E-state index in [1.165, 1.54) is 6.42 Å². The van der Waals surface area contributed by atoms with E-state index in [0.717, 1.165) is 24.8 Å². The van der Waals surface area contributed by atoms with Crippen LogP contribution in [0.5, 0.6) is 5.75 Å². The minimum atomic E-state index is -0.785. The molecule has 1 aromatic rings. The van der Waals surface area contributed by atoms with Gasteiger partial charge in [-0.15, -0.1) is 0 Å². The molecule has 0 amide bonds. The van der Waals surface area contributed by atoms with Gasteiger partial charge in [0.05, 0.1) is 18.9 Å². The molecule has 1 saturated carbocycles. The molecule has 17 heavy (non-hydrogen) atoms. The highest BCUT2D eigenvalue weighted by atomic mass is 16.5. The molecule has 0 saturated heterocycles. The highest BCUT2D eigenvalue weighted by molar-refractivity contribution is 5.30. The lowest BCUT2D eigenvalue weighted by Crippen LogP contribution is -2.44. The Morgan fingerprint density at radius 2 is 1.94 bits per heavy atom. The van der Waals surface area contributed by atoms with Crippen molar-refractivity contribution in [2.45, 2.75) is 45.1 Å². The third-order valence-electron chi connectivity index (χ3n) is 4.14. The largest absolute Gasteiger partial charge is 0.495 e. The predicted octanol–water partition coefficient (Wildman–Crippen LogP) is 2.88. The lowest BCUT2D eigenvalue weighted by atomic mass is 9.63. The van der Waals surface area contributed by atoms with Crippen LogP contribution in [0.4, 0.5) is 0 Å². The van der Waals surface area contributed by atoms with Crippen LogP contribution < -0.4 is 4.74 Å². The summed E-state index contributed by atoms with van der Waals surface area (Å²) in [6.07, 6.45) is 7.53. The summed E-state index contributed by atoms with van der Waals surface area (Å²) in [7, 11) is 1.62. The van der Waals surface area contributed by atoms with Crippen molar-refractivity contribution in [3.8, 4) is 5.75 Å². The van der Waals surface area contributed by atoms with Crippen LogP contribution in [0.2, 0.25) is 0 Å². The van der Waals surface area contributed by atoms with E-state index in [4.69, 9.17) is 4.74 Å². The summed E-state index contributed by atoms with van der Waals surface area (Å²) in [4.78, 5) is 4.16. The van der Waals surface area contributed by atoms with Gasteiger partial charge >= 0.3 is 0 Å². The molecule has 0 bridgehead atoms. The Bertz CT molecular complexity index is 403. The smallest absolute Gasteiger partial charge is 0.137 e. The van der Waals surface area contributed by atoms with Gasteiger partial charge in [0.25, 0.3) is 0 Å². The van der Waals surface area contributed by atoms with Crippen molar-refractivity contribution < 1.29 is 9.84 Å². The number of nitrogens with zero attached hydrogens (tertiary/aromatic N) is 1. The van der Waals surface area contributed by atoms with Crippen LogP contribution >= 0.6 is 0 Å². The number of ether oxygens (including phenoxy) is 1. The summed E-state index contributed by atoms with van der Waals surface area (Å²) >= 11 is 0. The van der Waals surface area contributed by atoms with Crippen molar-refractivity contribution >= 4 is 0 Å². The molecule has 2 rings (SSSR count). The summed E-state index contributed by atoms with van der Waals surface area (Å²) in [6.45, 7) is 4.26. The van der Waals surface area contributed by atoms with Crippen molar-refractivity contribution in [3.63, 3.8) is 0 Å². The van der Waals surface area contributed by atoms with Crippen LogP contribution in [0.1, 0.15) is 45.1 Å². The van der Waals surface area contributed by atoms with E-state index in [9.17, 15) is 5.11 Å². The molecule has 1 unspecified atom stereocenters. The molecule has 1 heterocycles. The van der Waals surface area contributed by atoms with Gasteiger partial charge in [-0.1, -0.05) is 26.7 Å². The quantitative estimate of drug-likeness (QED) is 0.857. The van der Waals surface area contributed by atoms with Gasteiger partial charge in [-0.05, 0) is 24.3 Å². The Morgan fingerprint density at radius 3 is 2.59 bits per heavy atom. The Balaban J connectivity index is 2.41. The van der Waals surface area contributed by atoms with Crippen molar-refractivity contribution in [1.29, 1.82) is 0 Å². The second-order valence-corrected chi connectivity index (χ2v) is 5.56. The summed E-state index contributed by atoms with van der Waals surface area (Å²) in [5, 5.41) is 11.0. The van der Waals surface area contributed by atoms with E-state index in [-0.39, 0.29) is 5.41 Å². The fourth-order valence-corrected chi connectivity index (χ4v) is 2.78. The fraction of sp³-hybridized carbons (Fsp3) is 0.643. The van der Waals surface area contributed by atoms with Crippen LogP contribution in [0, 0.1) is 5.41 Å². The molecule has 1 aliphatic rings. The zero-order valence-corrected chi connectivity index (χ0v) is 10.9. The van der Waals surface area contributed by atoms with Gasteiger partial charge in [-0.25, -0.2) is 0 Å². The second-order valence-electron chi connectivity index (χ2n) is 5.56. The molecule has 0 spiro atoms. The van der Waals surface area contributed by atoms with Gasteiger partial charge in [0.15, 0.2) is 0 Å². The number of rotatable bonds is 2. The normalized spacial score (nSPS) is 27.8. The topological polar surface area (TPSA) is 42.4 Å². The van der Waals surface area contributed by atoms with Crippen LogP contribution in [0.3, 0.4) is 0 Å². The third kappa shape index (κ3) is 2.04. The van der Waals surface area contributed by atoms with Gasteiger partial charge in [0, 0.05) is 11.8 Å². The molecular formula is C14H21NO2. The Kier molecular flexibility index (Phi) is 3.13. The highest BCUT2D eigenvalue weighted by Crippen LogP contribution is 2.50. The minimum Gasteiger partial charge on any atom is -0.495 e. The van der Waals surface area contributed by atoms with E-state index in [0.29, 0.717) is 5.75 Å². The van der Waals surface area contributed by atoms with E-state index >= 15 is 0 Å². The van der Waals surface area contributed by atoms with Crippen molar-refractivity contribution in [2.24, 2.45) is 5.41 Å². The standard InChI is InChI=1S/C14H21NO2/c1-13(2)6-4-5-7-14(13,16)11-8-12(17-3)10-15-9-11/h8-10,16H,4-7H2,1-3H3. The molecule has 3 heteroatoms. The van der Waals surface area contributed by atoms with Crippen molar-refractivity contribution in [2.75, 3.05) is 7.11 Å². The van der Waals surface area contributed by atoms with Crippen LogP contribution in [-0.4, -0.2) is 17.2 Å². The molecule has 1 aromatic heterocycles. The Hall–Kier alpha value is -1.09. The number of aromatic nitrogens is 1. The number of hydrogen-bond acceptors (Lipinski definition) is 3. The minimum absolute atomic E-state index is 0.112. The third-order valence-corrected chi connectivity index (χ3v) is 4.14. The molecule has 0 aliphatic heterocycles. The Labute approximate surface area is 103 Å². The number of hydrogen-bond donors (Lipinski definition) is 1. The van der Waals surface area contributed by atoms with Crippen molar-refractivity contribution in [1.82, 2.24) is 4.98 Å². The molecule has 1 fully saturated rings. The molecule has 1 aliphatic carbocycles. The first-order valence-corrected chi connectivity index (χ1v) is 6.21. The SMILES string of the molecule is COc1cncc(C2(O)CCCCC2(C)C)c1. The Morgan fingerprint density at radius 1 is 1.24 bits per heavy atom. The maximum Gasteiger partial charge on any atom is 0.137 e. The summed E-state index contributed by atoms with van der Waals surface area (Å²) in [5.74, 6) is 0.706. The first kappa shape index (κ1) is 12.4. The van der Waals surface area contributed by atoms with E-state index < -0.39 is 5.60 Å². The van der Waals surface area contributed by atoms with E-state index in [2.05, 4.69) is 18.8 Å². The average molecular weight is 235 g/mol. The summed E-state index contributed by atoms with van der Waals surface area (Å²) in [5.41, 5.74) is -0.0203. The fourth-order valence-electron chi connectivity index (χ4n) is 2.78. The van der Waals surface area contributed by atoms with Gasteiger partial charge in [-0.2, -0.15) is 0 Å². The lowest BCUT2D eigenvalue weighted by Gasteiger charge is -2.46. The molecule has 0 radical (unpaired) electrons. The molecule has 1 N–H and O–H groups in total. The molecule has 3 nitrogen and oxygen atoms in total. The molecule has 1 atom stereocenters. The number of methoxy groups -OCH3 is 1. The van der Waals surface area contributed by atoms with Crippen molar-refractivity contribution in [3.05, 3.63) is 24.0 Å². The van der Waals surface area contributed by atoms with Crippen LogP contribution in [0.15, 0.2) is 18.5 Å². The summed E-state index contributed by atoms with van der Waals surface area (Å²) in [6, 6.07) is 1.90. The monoisotopic (exact) mass is 235 g/mol. The zero-order chi connectivity index (χ0) is 12.5. The average Bonchev–Trinajstić information content (AvgIpc) is 2.33. The van der Waals surface area contributed by atoms with E-state index in [1.807, 2.05) is 6.07 Å². The highest BCUT2D eigenvalue weighted by Gasteiger charge is 2.46. The maximum atomic E-state index is 11.0. The van der Waals surface area contributed by atoms with Gasteiger partial charge < -0.3 is 9.84 Å². The summed E-state index contributed by atoms with van der Waals surface area (Å²) < 4.78 is 5.19. The zero-order valence-electron chi connectivity index (χ0n) is 10.9. The number of aliphatic hydroxyl groups is 1. The van der Waals surface area contributed by atoms with Gasteiger partial charge in [0.1, 0.15) is 5.75 Å². The number of pyridine rings is 1. The predicted molar refractivity (Wildman–Crippen MR) is 66.9 cm³/mol. The molecule has 94 valence electrons. The van der Waals surface area contributed by atoms with Gasteiger partial charge in [0.2, 0.25) is 0 Å². The van der Waals surface area contributed by atoms with Gasteiger partial charge in [-0.3, -0.25) is 4.98 Å². The molecular weight excluding hydrogens is 214 g/mol. The first-order valence-electron chi connectivity index (χ1n) is 6.21. The van der Waals surface area contributed by atoms with Crippen LogP contribution in [-0.2, 0) is 5.60 Å². The van der Waals surface area contributed by atoms with E-state index in [1.54, 1.807) is 19.5 Å². The first-order chi connectivity index (χ1) is 7.99. The second kappa shape index (κ2) is 4.30. The van der Waals surface area contributed by atoms with Crippen LogP contribution in [0.25, 0.3) is 0 Å². The lowest BCUT2D eigenvalue weighted by molar-refractivity contribution is -0.104. The molecule has 0 aromatic carbocycles. The maximum absolute atomic E-state index is 11.0.